The van der Waals surface area contributed by atoms with Gasteiger partial charge in [-0.05, 0) is 31.2 Å². The SMILES string of the molecule is CCNCCNC(=O)c1cc(N2CCCC2=O)cc(C(F)(F)F)c1.Cl. The number of anilines is 1. The topological polar surface area (TPSA) is 61.4 Å². The molecule has 0 bridgehead atoms. The van der Waals surface area contributed by atoms with E-state index in [4.69, 9.17) is 0 Å². The van der Waals surface area contributed by atoms with E-state index >= 15 is 0 Å². The van der Waals surface area contributed by atoms with Gasteiger partial charge in [-0.1, -0.05) is 6.92 Å². The van der Waals surface area contributed by atoms with Crippen molar-refractivity contribution >= 4 is 29.9 Å². The van der Waals surface area contributed by atoms with E-state index in [1.54, 1.807) is 0 Å². The molecule has 1 fully saturated rings. The van der Waals surface area contributed by atoms with Crippen LogP contribution in [-0.4, -0.2) is 38.0 Å². The predicted octanol–water partition coefficient (Wildman–Crippen LogP) is 2.59. The molecule has 0 spiro atoms. The van der Waals surface area contributed by atoms with E-state index in [0.29, 0.717) is 32.5 Å². The molecule has 1 heterocycles. The van der Waals surface area contributed by atoms with Gasteiger partial charge in [-0.3, -0.25) is 9.59 Å². The van der Waals surface area contributed by atoms with Gasteiger partial charge in [-0.2, -0.15) is 13.2 Å². The zero-order valence-corrected chi connectivity index (χ0v) is 14.6. The van der Waals surface area contributed by atoms with Crippen molar-refractivity contribution in [1.29, 1.82) is 0 Å². The first-order valence-electron chi connectivity index (χ1n) is 7.84. The van der Waals surface area contributed by atoms with Crippen molar-refractivity contribution in [3.8, 4) is 0 Å². The summed E-state index contributed by atoms with van der Waals surface area (Å²) < 4.78 is 39.3. The van der Waals surface area contributed by atoms with Gasteiger partial charge in [0.25, 0.3) is 5.91 Å². The molecule has 2 amide bonds. The smallest absolute Gasteiger partial charge is 0.351 e. The van der Waals surface area contributed by atoms with Gasteiger partial charge >= 0.3 is 6.18 Å². The number of hydrogen-bond donors (Lipinski definition) is 2. The molecule has 1 saturated heterocycles. The monoisotopic (exact) mass is 379 g/mol. The Morgan fingerprint density at radius 1 is 1.24 bits per heavy atom. The predicted molar refractivity (Wildman–Crippen MR) is 91.2 cm³/mol. The highest BCUT2D eigenvalue weighted by Gasteiger charge is 2.33. The zero-order chi connectivity index (χ0) is 17.7. The number of carbonyl (C=O) groups excluding carboxylic acids is 2. The fourth-order valence-corrected chi connectivity index (χ4v) is 2.53. The lowest BCUT2D eigenvalue weighted by Gasteiger charge is -2.19. The number of likely N-dealkylation sites (N-methyl/N-ethyl adjacent to an activating group) is 1. The zero-order valence-electron chi connectivity index (χ0n) is 13.8. The Bertz CT molecular complexity index is 623. The normalized spacial score (nSPS) is 14.4. The highest BCUT2D eigenvalue weighted by Crippen LogP contribution is 2.34. The summed E-state index contributed by atoms with van der Waals surface area (Å²) in [5.41, 5.74) is -0.920. The van der Waals surface area contributed by atoms with Gasteiger partial charge in [0.15, 0.2) is 0 Å². The van der Waals surface area contributed by atoms with E-state index in [1.807, 2.05) is 6.92 Å². The van der Waals surface area contributed by atoms with Crippen LogP contribution in [0.25, 0.3) is 0 Å². The molecule has 1 aromatic carbocycles. The van der Waals surface area contributed by atoms with Crippen molar-refractivity contribution in [1.82, 2.24) is 10.6 Å². The number of rotatable bonds is 6. The number of nitrogens with zero attached hydrogens (tertiary/aromatic N) is 1. The minimum absolute atomic E-state index is 0. The largest absolute Gasteiger partial charge is 0.416 e. The first-order valence-corrected chi connectivity index (χ1v) is 7.84. The summed E-state index contributed by atoms with van der Waals surface area (Å²) in [4.78, 5) is 25.2. The average Bonchev–Trinajstić information content (AvgIpc) is 2.96. The Morgan fingerprint density at radius 2 is 1.96 bits per heavy atom. The average molecular weight is 380 g/mol. The van der Waals surface area contributed by atoms with Crippen molar-refractivity contribution in [3.05, 3.63) is 29.3 Å². The van der Waals surface area contributed by atoms with Crippen LogP contribution < -0.4 is 15.5 Å². The van der Waals surface area contributed by atoms with Crippen molar-refractivity contribution in [2.45, 2.75) is 25.9 Å². The second-order valence-electron chi connectivity index (χ2n) is 5.52. The number of halogens is 4. The first kappa shape index (κ1) is 21.2. The summed E-state index contributed by atoms with van der Waals surface area (Å²) >= 11 is 0. The van der Waals surface area contributed by atoms with Crippen molar-refractivity contribution in [2.75, 3.05) is 31.1 Å². The van der Waals surface area contributed by atoms with Crippen molar-refractivity contribution < 1.29 is 22.8 Å². The third-order valence-corrected chi connectivity index (χ3v) is 3.73. The number of hydrogen-bond acceptors (Lipinski definition) is 3. The van der Waals surface area contributed by atoms with Crippen LogP contribution in [0.1, 0.15) is 35.7 Å². The van der Waals surface area contributed by atoms with Gasteiger partial charge in [-0.25, -0.2) is 0 Å². The number of amides is 2. The van der Waals surface area contributed by atoms with Gasteiger partial charge in [0, 0.05) is 37.3 Å². The first-order chi connectivity index (χ1) is 11.3. The van der Waals surface area contributed by atoms with Crippen LogP contribution in [0, 0.1) is 0 Å². The molecule has 0 radical (unpaired) electrons. The molecular weight excluding hydrogens is 359 g/mol. The molecule has 0 aromatic heterocycles. The van der Waals surface area contributed by atoms with E-state index in [9.17, 15) is 22.8 Å². The third kappa shape index (κ3) is 5.61. The molecular formula is C16H21ClF3N3O2. The van der Waals surface area contributed by atoms with Crippen LogP contribution in [-0.2, 0) is 11.0 Å². The van der Waals surface area contributed by atoms with Crippen molar-refractivity contribution in [2.24, 2.45) is 0 Å². The van der Waals surface area contributed by atoms with Crippen LogP contribution in [0.3, 0.4) is 0 Å². The fourth-order valence-electron chi connectivity index (χ4n) is 2.53. The molecule has 0 unspecified atom stereocenters. The number of benzene rings is 1. The molecule has 9 heteroatoms. The number of alkyl halides is 3. The van der Waals surface area contributed by atoms with E-state index < -0.39 is 17.6 Å². The summed E-state index contributed by atoms with van der Waals surface area (Å²) in [7, 11) is 0. The molecule has 1 aromatic rings. The van der Waals surface area contributed by atoms with Gasteiger partial charge in [0.05, 0.1) is 5.56 Å². The van der Waals surface area contributed by atoms with Gasteiger partial charge in [0.1, 0.15) is 0 Å². The minimum Gasteiger partial charge on any atom is -0.351 e. The maximum atomic E-state index is 13.1. The Hall–Kier alpha value is -1.80. The maximum absolute atomic E-state index is 13.1. The van der Waals surface area contributed by atoms with E-state index in [2.05, 4.69) is 10.6 Å². The highest BCUT2D eigenvalue weighted by atomic mass is 35.5. The van der Waals surface area contributed by atoms with Gasteiger partial charge in [0.2, 0.25) is 5.91 Å². The second kappa shape index (κ2) is 9.05. The molecule has 2 rings (SSSR count). The van der Waals surface area contributed by atoms with Crippen LogP contribution in [0.15, 0.2) is 18.2 Å². The quantitative estimate of drug-likeness (QED) is 0.747. The van der Waals surface area contributed by atoms with Gasteiger partial charge in [-0.15, -0.1) is 12.4 Å². The fraction of sp³-hybridized carbons (Fsp3) is 0.500. The van der Waals surface area contributed by atoms with Crippen LogP contribution in [0.2, 0.25) is 0 Å². The van der Waals surface area contributed by atoms with Crippen LogP contribution in [0.5, 0.6) is 0 Å². The summed E-state index contributed by atoms with van der Waals surface area (Å²) in [5.74, 6) is -0.820. The highest BCUT2D eigenvalue weighted by molar-refractivity contribution is 5.99. The molecule has 5 nitrogen and oxygen atoms in total. The minimum atomic E-state index is -4.59. The lowest BCUT2D eigenvalue weighted by molar-refractivity contribution is -0.137. The van der Waals surface area contributed by atoms with Crippen LogP contribution >= 0.6 is 12.4 Å². The lowest BCUT2D eigenvalue weighted by atomic mass is 10.1. The Labute approximate surface area is 150 Å². The number of carbonyl (C=O) groups is 2. The summed E-state index contributed by atoms with van der Waals surface area (Å²) in [6.07, 6.45) is -3.68. The molecule has 0 atom stereocenters. The summed E-state index contributed by atoms with van der Waals surface area (Å²) in [5, 5.41) is 5.57. The van der Waals surface area contributed by atoms with Gasteiger partial charge < -0.3 is 15.5 Å². The Kier molecular flexibility index (Phi) is 7.69. The summed E-state index contributed by atoms with van der Waals surface area (Å²) in [6.45, 7) is 3.84. The molecule has 0 saturated carbocycles. The summed E-state index contributed by atoms with van der Waals surface area (Å²) in [6, 6.07) is 3.06. The van der Waals surface area contributed by atoms with E-state index in [0.717, 1.165) is 18.7 Å². The van der Waals surface area contributed by atoms with Crippen molar-refractivity contribution in [3.63, 3.8) is 0 Å². The molecule has 2 N–H and O–H groups in total. The molecule has 0 aliphatic carbocycles. The molecule has 25 heavy (non-hydrogen) atoms. The Balaban J connectivity index is 0.00000312. The van der Waals surface area contributed by atoms with E-state index in [1.165, 1.54) is 11.0 Å². The molecule has 1 aliphatic rings. The third-order valence-electron chi connectivity index (χ3n) is 3.73. The molecule has 140 valence electrons. The van der Waals surface area contributed by atoms with Crippen LogP contribution in [0.4, 0.5) is 18.9 Å². The maximum Gasteiger partial charge on any atom is 0.416 e. The number of nitrogens with one attached hydrogen (secondary N) is 2. The van der Waals surface area contributed by atoms with E-state index in [-0.39, 0.29) is 29.6 Å². The molecule has 1 aliphatic heterocycles. The lowest BCUT2D eigenvalue weighted by Crippen LogP contribution is -2.32. The Morgan fingerprint density at radius 3 is 2.52 bits per heavy atom. The second-order valence-corrected chi connectivity index (χ2v) is 5.52. The standard InChI is InChI=1S/C16H20F3N3O2.ClH/c1-2-20-5-6-21-15(24)11-8-12(16(17,18)19)10-13(9-11)22-7-3-4-14(22)23;/h8-10,20H,2-7H2,1H3,(H,21,24);1H.